The van der Waals surface area contributed by atoms with Crippen LogP contribution in [0.25, 0.3) is 10.6 Å². The van der Waals surface area contributed by atoms with Gasteiger partial charge in [0.1, 0.15) is 9.88 Å². The number of urea groups is 1. The van der Waals surface area contributed by atoms with Gasteiger partial charge in [0.05, 0.1) is 5.69 Å². The minimum absolute atomic E-state index is 0.298. The van der Waals surface area contributed by atoms with Crippen molar-refractivity contribution in [1.82, 2.24) is 15.6 Å². The van der Waals surface area contributed by atoms with E-state index < -0.39 is 30.1 Å². The number of thiazole rings is 1. The van der Waals surface area contributed by atoms with Gasteiger partial charge in [-0.3, -0.25) is 10.1 Å². The number of imide groups is 1. The van der Waals surface area contributed by atoms with Crippen LogP contribution in [0.3, 0.4) is 0 Å². The van der Waals surface area contributed by atoms with Gasteiger partial charge in [0.25, 0.3) is 5.91 Å². The molecule has 0 fully saturated rings. The van der Waals surface area contributed by atoms with Gasteiger partial charge in [0.2, 0.25) is 0 Å². The number of hydrogen-bond donors (Lipinski definition) is 2. The molecule has 0 spiro atoms. The zero-order valence-electron chi connectivity index (χ0n) is 15.4. The molecule has 2 rings (SSSR count). The van der Waals surface area contributed by atoms with Gasteiger partial charge >= 0.3 is 12.0 Å². The lowest BCUT2D eigenvalue weighted by atomic mass is 10.1. The maximum Gasteiger partial charge on any atom is 0.350 e. The Morgan fingerprint density at radius 2 is 1.81 bits per heavy atom. The van der Waals surface area contributed by atoms with Crippen molar-refractivity contribution in [3.63, 3.8) is 0 Å². The third kappa shape index (κ3) is 6.33. The molecule has 3 amide bonds. The van der Waals surface area contributed by atoms with Gasteiger partial charge in [-0.2, -0.15) is 0 Å². The van der Waals surface area contributed by atoms with Crippen LogP contribution in [0.2, 0.25) is 5.02 Å². The molecule has 0 aliphatic rings. The van der Waals surface area contributed by atoms with Crippen molar-refractivity contribution in [3.05, 3.63) is 39.9 Å². The Morgan fingerprint density at radius 3 is 2.41 bits per heavy atom. The zero-order chi connectivity index (χ0) is 20.2. The molecule has 1 aromatic heterocycles. The summed E-state index contributed by atoms with van der Waals surface area (Å²) >= 11 is 7.03. The summed E-state index contributed by atoms with van der Waals surface area (Å²) in [5, 5.41) is 5.93. The molecule has 0 saturated carbocycles. The molecule has 0 saturated heterocycles. The summed E-state index contributed by atoms with van der Waals surface area (Å²) in [5.41, 5.74) is 0.836. The van der Waals surface area contributed by atoms with Crippen molar-refractivity contribution in [2.45, 2.75) is 33.2 Å². The van der Waals surface area contributed by atoms with Crippen LogP contribution in [0.15, 0.2) is 24.3 Å². The quantitative estimate of drug-likeness (QED) is 0.752. The summed E-state index contributed by atoms with van der Waals surface area (Å²) in [7, 11) is 0. The van der Waals surface area contributed by atoms with Crippen LogP contribution in [-0.2, 0) is 9.53 Å². The molecular weight excluding hydrogens is 390 g/mol. The van der Waals surface area contributed by atoms with E-state index in [1.165, 1.54) is 0 Å². The van der Waals surface area contributed by atoms with Gasteiger partial charge in [0, 0.05) is 16.1 Å². The maximum absolute atomic E-state index is 12.2. The van der Waals surface area contributed by atoms with Crippen molar-refractivity contribution < 1.29 is 19.1 Å². The highest BCUT2D eigenvalue weighted by molar-refractivity contribution is 7.17. The molecule has 1 aromatic carbocycles. The Balaban J connectivity index is 1.95. The molecule has 7 nitrogen and oxygen atoms in total. The number of halogens is 1. The Kier molecular flexibility index (Phi) is 6.56. The molecule has 27 heavy (non-hydrogen) atoms. The van der Waals surface area contributed by atoms with Crippen molar-refractivity contribution in [2.24, 2.45) is 0 Å². The van der Waals surface area contributed by atoms with E-state index >= 15 is 0 Å². The molecule has 144 valence electrons. The van der Waals surface area contributed by atoms with E-state index in [0.717, 1.165) is 16.9 Å². The number of ether oxygens (including phenoxy) is 1. The van der Waals surface area contributed by atoms with Gasteiger partial charge in [-0.1, -0.05) is 23.7 Å². The van der Waals surface area contributed by atoms with Gasteiger partial charge in [-0.25, -0.2) is 14.6 Å². The molecule has 2 aromatic rings. The number of nitrogens with zero attached hydrogens (tertiary/aromatic N) is 1. The predicted octanol–water partition coefficient (Wildman–Crippen LogP) is 3.55. The number of rotatable bonds is 4. The van der Waals surface area contributed by atoms with E-state index in [2.05, 4.69) is 15.6 Å². The number of carbonyl (C=O) groups is 3. The summed E-state index contributed by atoms with van der Waals surface area (Å²) in [5.74, 6) is -1.39. The van der Waals surface area contributed by atoms with Gasteiger partial charge in [-0.15, -0.1) is 11.3 Å². The normalized spacial score (nSPS) is 11.0. The first kappa shape index (κ1) is 20.9. The third-order valence-corrected chi connectivity index (χ3v) is 4.59. The van der Waals surface area contributed by atoms with Crippen LogP contribution in [0, 0.1) is 6.92 Å². The van der Waals surface area contributed by atoms with Gasteiger partial charge in [-0.05, 0) is 39.8 Å². The summed E-state index contributed by atoms with van der Waals surface area (Å²) in [4.78, 5) is 40.3. The third-order valence-electron chi connectivity index (χ3n) is 3.15. The van der Waals surface area contributed by atoms with Crippen molar-refractivity contribution >= 4 is 40.8 Å². The van der Waals surface area contributed by atoms with Crippen LogP contribution in [-0.4, -0.2) is 35.0 Å². The molecule has 0 radical (unpaired) electrons. The van der Waals surface area contributed by atoms with Crippen LogP contribution in [0.1, 0.15) is 36.1 Å². The summed E-state index contributed by atoms with van der Waals surface area (Å²) < 4.78 is 4.99. The maximum atomic E-state index is 12.2. The van der Waals surface area contributed by atoms with Crippen molar-refractivity contribution in [3.8, 4) is 10.6 Å². The number of esters is 1. The second-order valence-electron chi connectivity index (χ2n) is 6.77. The number of aromatic nitrogens is 1. The van der Waals surface area contributed by atoms with E-state index in [-0.39, 0.29) is 0 Å². The minimum Gasteiger partial charge on any atom is -0.451 e. The number of amides is 3. The molecule has 0 unspecified atom stereocenters. The minimum atomic E-state index is -0.717. The lowest BCUT2D eigenvalue weighted by Crippen LogP contribution is -2.49. The van der Waals surface area contributed by atoms with Crippen LogP contribution < -0.4 is 10.6 Å². The summed E-state index contributed by atoms with van der Waals surface area (Å²) in [6.45, 7) is 6.46. The highest BCUT2D eigenvalue weighted by Crippen LogP contribution is 2.29. The van der Waals surface area contributed by atoms with Gasteiger partial charge in [0.15, 0.2) is 6.61 Å². The Labute approximate surface area is 166 Å². The predicted molar refractivity (Wildman–Crippen MR) is 104 cm³/mol. The SMILES string of the molecule is Cc1nc(-c2ccc(Cl)cc2)sc1C(=O)OCC(=O)NC(=O)NC(C)(C)C. The first-order valence-electron chi connectivity index (χ1n) is 8.07. The fraction of sp³-hybridized carbons (Fsp3) is 0.333. The molecular formula is C18H20ClN3O4S. The standard InChI is InChI=1S/C18H20ClN3O4S/c1-10-14(27-15(20-10)11-5-7-12(19)8-6-11)16(24)26-9-13(23)21-17(25)22-18(2,3)4/h5-8H,9H2,1-4H3,(H2,21,22,23,25). The fourth-order valence-corrected chi connectivity index (χ4v) is 3.12. The highest BCUT2D eigenvalue weighted by Gasteiger charge is 2.20. The topological polar surface area (TPSA) is 97.4 Å². The molecule has 9 heteroatoms. The van der Waals surface area contributed by atoms with Crippen molar-refractivity contribution in [2.75, 3.05) is 6.61 Å². The average Bonchev–Trinajstić information content (AvgIpc) is 2.93. The Bertz CT molecular complexity index is 856. The van der Waals surface area contributed by atoms with E-state index in [0.29, 0.717) is 20.6 Å². The first-order chi connectivity index (χ1) is 12.5. The molecule has 0 atom stereocenters. The summed E-state index contributed by atoms with van der Waals surface area (Å²) in [6, 6.07) is 6.42. The van der Waals surface area contributed by atoms with Gasteiger partial charge < -0.3 is 10.1 Å². The number of carbonyl (C=O) groups excluding carboxylic acids is 3. The molecule has 0 aliphatic carbocycles. The molecule has 1 heterocycles. The molecule has 0 bridgehead atoms. The Morgan fingerprint density at radius 1 is 1.19 bits per heavy atom. The lowest BCUT2D eigenvalue weighted by molar-refractivity contribution is -0.123. The van der Waals surface area contributed by atoms with E-state index in [4.69, 9.17) is 16.3 Å². The van der Waals surface area contributed by atoms with E-state index in [1.54, 1.807) is 52.0 Å². The smallest absolute Gasteiger partial charge is 0.350 e. The van der Waals surface area contributed by atoms with Crippen LogP contribution >= 0.6 is 22.9 Å². The molecule has 2 N–H and O–H groups in total. The first-order valence-corrected chi connectivity index (χ1v) is 9.27. The monoisotopic (exact) mass is 409 g/mol. The number of hydrogen-bond acceptors (Lipinski definition) is 6. The highest BCUT2D eigenvalue weighted by atomic mass is 35.5. The second-order valence-corrected chi connectivity index (χ2v) is 8.20. The second kappa shape index (κ2) is 8.49. The lowest BCUT2D eigenvalue weighted by Gasteiger charge is -2.20. The van der Waals surface area contributed by atoms with E-state index in [9.17, 15) is 14.4 Å². The number of aryl methyl sites for hydroxylation is 1. The number of nitrogens with one attached hydrogen (secondary N) is 2. The Hall–Kier alpha value is -2.45. The summed E-state index contributed by atoms with van der Waals surface area (Å²) in [6.07, 6.45) is 0. The zero-order valence-corrected chi connectivity index (χ0v) is 17.0. The van der Waals surface area contributed by atoms with Crippen molar-refractivity contribution in [1.29, 1.82) is 0 Å². The largest absolute Gasteiger partial charge is 0.451 e. The van der Waals surface area contributed by atoms with E-state index in [1.807, 2.05) is 0 Å². The van der Waals surface area contributed by atoms with Crippen LogP contribution in [0.5, 0.6) is 0 Å². The van der Waals surface area contributed by atoms with Crippen LogP contribution in [0.4, 0.5) is 4.79 Å². The fourth-order valence-electron chi connectivity index (χ4n) is 2.03. The molecule has 0 aliphatic heterocycles. The average molecular weight is 410 g/mol. The number of benzene rings is 1.